The Bertz CT molecular complexity index is 658. The van der Waals surface area contributed by atoms with Crippen molar-refractivity contribution in [2.45, 2.75) is 0 Å². The Morgan fingerprint density at radius 1 is 0.708 bits per heavy atom. The maximum atomic E-state index is 11.8. The summed E-state index contributed by atoms with van der Waals surface area (Å²) in [5.74, 6) is 0.597. The molecule has 0 fully saturated rings. The van der Waals surface area contributed by atoms with Gasteiger partial charge >= 0.3 is 0 Å². The van der Waals surface area contributed by atoms with Gasteiger partial charge < -0.3 is 20.1 Å². The van der Waals surface area contributed by atoms with Crippen LogP contribution in [-0.2, 0) is 9.59 Å². The number of methoxy groups -OCH3 is 2. The number of hydrogen-bond acceptors (Lipinski definition) is 4. The Hall–Kier alpha value is -3.28. The van der Waals surface area contributed by atoms with Crippen LogP contribution in [0.4, 0.5) is 11.4 Å². The summed E-state index contributed by atoms with van der Waals surface area (Å²) >= 11 is 0. The van der Waals surface area contributed by atoms with Crippen LogP contribution in [0, 0.1) is 0 Å². The molecule has 0 radical (unpaired) electrons. The van der Waals surface area contributed by atoms with E-state index in [0.29, 0.717) is 22.9 Å². The predicted octanol–water partition coefficient (Wildman–Crippen LogP) is 2.84. The highest BCUT2D eigenvalue weighted by Gasteiger charge is 2.02. The van der Waals surface area contributed by atoms with Crippen LogP contribution in [0.1, 0.15) is 0 Å². The molecule has 0 heterocycles. The van der Waals surface area contributed by atoms with Gasteiger partial charge in [-0.2, -0.15) is 0 Å². The number of carbonyl (C=O) groups is 2. The average Bonchev–Trinajstić information content (AvgIpc) is 2.61. The van der Waals surface area contributed by atoms with E-state index in [9.17, 15) is 9.59 Å². The number of hydrogen-bond donors (Lipinski definition) is 2. The van der Waals surface area contributed by atoms with E-state index in [1.54, 1.807) is 62.8 Å². The highest BCUT2D eigenvalue weighted by Crippen LogP contribution is 2.16. The van der Waals surface area contributed by atoms with Crippen LogP contribution in [-0.4, -0.2) is 26.0 Å². The number of benzene rings is 2. The first-order chi connectivity index (χ1) is 11.6. The Morgan fingerprint density at radius 3 is 1.33 bits per heavy atom. The zero-order valence-electron chi connectivity index (χ0n) is 13.4. The van der Waals surface area contributed by atoms with Crippen LogP contribution in [0.3, 0.4) is 0 Å². The minimum absolute atomic E-state index is 0.398. The molecule has 6 nitrogen and oxygen atoms in total. The van der Waals surface area contributed by atoms with Crippen LogP contribution >= 0.6 is 0 Å². The number of rotatable bonds is 6. The summed E-state index contributed by atoms with van der Waals surface area (Å²) in [4.78, 5) is 23.6. The molecule has 0 atom stereocenters. The minimum Gasteiger partial charge on any atom is -0.497 e. The van der Waals surface area contributed by atoms with Crippen molar-refractivity contribution in [2.75, 3.05) is 24.9 Å². The SMILES string of the molecule is COc1ccc(NC(=O)/C=C\C(=O)Nc2ccc(OC)cc2)cc1. The standard InChI is InChI=1S/C18H18N2O4/c1-23-15-7-3-13(4-8-15)19-17(21)11-12-18(22)20-14-5-9-16(24-2)10-6-14/h3-12H,1-2H3,(H,19,21)(H,20,22)/b12-11-. The van der Waals surface area contributed by atoms with Crippen LogP contribution in [0.2, 0.25) is 0 Å². The van der Waals surface area contributed by atoms with Gasteiger partial charge in [0.1, 0.15) is 11.5 Å². The molecule has 2 N–H and O–H groups in total. The second-order valence-corrected chi connectivity index (χ2v) is 4.77. The van der Waals surface area contributed by atoms with Gasteiger partial charge in [-0.05, 0) is 48.5 Å². The van der Waals surface area contributed by atoms with Gasteiger partial charge in [0.25, 0.3) is 0 Å². The van der Waals surface area contributed by atoms with Crippen molar-refractivity contribution in [2.24, 2.45) is 0 Å². The smallest absolute Gasteiger partial charge is 0.248 e. The van der Waals surface area contributed by atoms with Crippen molar-refractivity contribution >= 4 is 23.2 Å². The Balaban J connectivity index is 1.86. The minimum atomic E-state index is -0.398. The second kappa shape index (κ2) is 8.38. The normalized spacial score (nSPS) is 10.2. The van der Waals surface area contributed by atoms with Crippen LogP contribution < -0.4 is 20.1 Å². The molecule has 2 rings (SSSR count). The molecule has 2 amide bonds. The second-order valence-electron chi connectivity index (χ2n) is 4.77. The van der Waals surface area contributed by atoms with Crippen molar-refractivity contribution in [1.82, 2.24) is 0 Å². The fourth-order valence-corrected chi connectivity index (χ4v) is 1.87. The molecule has 6 heteroatoms. The van der Waals surface area contributed by atoms with E-state index in [0.717, 1.165) is 0 Å². The van der Waals surface area contributed by atoms with E-state index in [4.69, 9.17) is 9.47 Å². The lowest BCUT2D eigenvalue weighted by Gasteiger charge is -2.04. The number of nitrogens with one attached hydrogen (secondary N) is 2. The molecule has 0 aromatic heterocycles. The Morgan fingerprint density at radius 2 is 1.04 bits per heavy atom. The van der Waals surface area contributed by atoms with Gasteiger partial charge in [-0.3, -0.25) is 9.59 Å². The van der Waals surface area contributed by atoms with E-state index in [2.05, 4.69) is 10.6 Å². The third-order valence-electron chi connectivity index (χ3n) is 3.10. The van der Waals surface area contributed by atoms with Gasteiger partial charge in [-0.15, -0.1) is 0 Å². The maximum Gasteiger partial charge on any atom is 0.248 e. The van der Waals surface area contributed by atoms with Crippen molar-refractivity contribution in [3.63, 3.8) is 0 Å². The predicted molar refractivity (Wildman–Crippen MR) is 92.4 cm³/mol. The van der Waals surface area contributed by atoms with Crippen molar-refractivity contribution in [3.8, 4) is 11.5 Å². The van der Waals surface area contributed by atoms with Crippen LogP contribution in [0.5, 0.6) is 11.5 Å². The summed E-state index contributed by atoms with van der Waals surface area (Å²) in [6.45, 7) is 0. The highest BCUT2D eigenvalue weighted by molar-refractivity contribution is 6.06. The van der Waals surface area contributed by atoms with Gasteiger partial charge in [0.15, 0.2) is 0 Å². The van der Waals surface area contributed by atoms with Crippen LogP contribution in [0.25, 0.3) is 0 Å². The fraction of sp³-hybridized carbons (Fsp3) is 0.111. The Labute approximate surface area is 140 Å². The molecule has 24 heavy (non-hydrogen) atoms. The van der Waals surface area contributed by atoms with E-state index in [-0.39, 0.29) is 0 Å². The summed E-state index contributed by atoms with van der Waals surface area (Å²) in [5, 5.41) is 5.30. The highest BCUT2D eigenvalue weighted by atomic mass is 16.5. The van der Waals surface area contributed by atoms with E-state index < -0.39 is 11.8 Å². The first kappa shape index (κ1) is 17.1. The molecule has 0 unspecified atom stereocenters. The van der Waals surface area contributed by atoms with Crippen molar-refractivity contribution < 1.29 is 19.1 Å². The topological polar surface area (TPSA) is 76.7 Å². The molecule has 0 spiro atoms. The van der Waals surface area contributed by atoms with Crippen molar-refractivity contribution in [1.29, 1.82) is 0 Å². The fourth-order valence-electron chi connectivity index (χ4n) is 1.87. The molecule has 0 aliphatic carbocycles. The summed E-state index contributed by atoms with van der Waals surface area (Å²) in [5.41, 5.74) is 1.22. The molecule has 2 aromatic rings. The molecule has 0 aliphatic heterocycles. The first-order valence-electron chi connectivity index (χ1n) is 7.19. The molecule has 124 valence electrons. The van der Waals surface area contributed by atoms with Gasteiger partial charge in [0.05, 0.1) is 14.2 Å². The monoisotopic (exact) mass is 326 g/mol. The first-order valence-corrected chi connectivity index (χ1v) is 7.19. The molecule has 0 bridgehead atoms. The van der Waals surface area contributed by atoms with Crippen LogP contribution in [0.15, 0.2) is 60.7 Å². The number of ether oxygens (including phenoxy) is 2. The summed E-state index contributed by atoms with van der Waals surface area (Å²) in [7, 11) is 3.13. The van der Waals surface area contributed by atoms with E-state index in [1.807, 2.05) is 0 Å². The number of amides is 2. The Kier molecular flexibility index (Phi) is 5.96. The zero-order valence-corrected chi connectivity index (χ0v) is 13.4. The van der Waals surface area contributed by atoms with Gasteiger partial charge in [0, 0.05) is 23.5 Å². The molecule has 0 aliphatic rings. The number of anilines is 2. The molecule has 0 saturated carbocycles. The lowest BCUT2D eigenvalue weighted by atomic mass is 10.3. The van der Waals surface area contributed by atoms with Gasteiger partial charge in [-0.1, -0.05) is 0 Å². The largest absolute Gasteiger partial charge is 0.497 e. The lowest BCUT2D eigenvalue weighted by Crippen LogP contribution is -2.12. The van der Waals surface area contributed by atoms with Gasteiger partial charge in [0.2, 0.25) is 11.8 Å². The average molecular weight is 326 g/mol. The quantitative estimate of drug-likeness (QED) is 0.800. The van der Waals surface area contributed by atoms with E-state index >= 15 is 0 Å². The zero-order chi connectivity index (χ0) is 17.4. The third kappa shape index (κ3) is 5.17. The van der Waals surface area contributed by atoms with Crippen molar-refractivity contribution in [3.05, 3.63) is 60.7 Å². The lowest BCUT2D eigenvalue weighted by molar-refractivity contribution is -0.114. The summed E-state index contributed by atoms with van der Waals surface area (Å²) in [6.07, 6.45) is 2.34. The molecule has 0 saturated heterocycles. The van der Waals surface area contributed by atoms with E-state index in [1.165, 1.54) is 12.2 Å². The molecular weight excluding hydrogens is 308 g/mol. The van der Waals surface area contributed by atoms with Gasteiger partial charge in [-0.25, -0.2) is 0 Å². The summed E-state index contributed by atoms with van der Waals surface area (Å²) in [6, 6.07) is 13.8. The third-order valence-corrected chi connectivity index (χ3v) is 3.10. The maximum absolute atomic E-state index is 11.8. The molecule has 2 aromatic carbocycles. The number of carbonyl (C=O) groups excluding carboxylic acids is 2. The summed E-state index contributed by atoms with van der Waals surface area (Å²) < 4.78 is 10.1. The molecular formula is C18H18N2O4.